The first-order valence-electron chi connectivity index (χ1n) is 3.84. The van der Waals surface area contributed by atoms with Crippen LogP contribution in [0.5, 0.6) is 0 Å². The molecule has 0 fully saturated rings. The number of benzene rings is 1. The van der Waals surface area contributed by atoms with Crippen LogP contribution in [0.25, 0.3) is 0 Å². The van der Waals surface area contributed by atoms with E-state index in [2.05, 4.69) is 0 Å². The Kier molecular flexibility index (Phi) is 6.35. The minimum Gasteiger partial charge on any atom is -0.323 e. The van der Waals surface area contributed by atoms with Crippen molar-refractivity contribution in [3.63, 3.8) is 0 Å². The summed E-state index contributed by atoms with van der Waals surface area (Å²) in [6.07, 6.45) is 0.153. The Labute approximate surface area is 109 Å². The number of nitriles is 1. The molecule has 6 heteroatoms. The van der Waals surface area contributed by atoms with Crippen LogP contribution < -0.4 is 5.73 Å². The molecule has 1 rings (SSSR count). The molecule has 2 nitrogen and oxygen atoms in total. The van der Waals surface area contributed by atoms with Gasteiger partial charge >= 0.3 is 0 Å². The molecule has 0 saturated carbocycles. The fourth-order valence-electron chi connectivity index (χ4n) is 1.08. The summed E-state index contributed by atoms with van der Waals surface area (Å²) >= 11 is 17.6. The van der Waals surface area contributed by atoms with E-state index >= 15 is 0 Å². The minimum absolute atomic E-state index is 0. The third-order valence-electron chi connectivity index (χ3n) is 1.76. The highest BCUT2D eigenvalue weighted by Gasteiger charge is 2.16. The average molecular weight is 286 g/mol. The Morgan fingerprint density at radius 1 is 1.27 bits per heavy atom. The van der Waals surface area contributed by atoms with Gasteiger partial charge in [-0.25, -0.2) is 0 Å². The fraction of sp³-hybridized carbons (Fsp3) is 0.222. The summed E-state index contributed by atoms with van der Waals surface area (Å²) in [6, 6.07) is 4.66. The van der Waals surface area contributed by atoms with E-state index in [-0.39, 0.29) is 18.8 Å². The zero-order valence-electron chi connectivity index (χ0n) is 7.51. The van der Waals surface area contributed by atoms with Crippen molar-refractivity contribution in [3.05, 3.63) is 32.8 Å². The van der Waals surface area contributed by atoms with Crippen LogP contribution in [0.4, 0.5) is 0 Å². The van der Waals surface area contributed by atoms with Gasteiger partial charge in [0, 0.05) is 16.6 Å². The lowest BCUT2D eigenvalue weighted by molar-refractivity contribution is 0.749. The maximum Gasteiger partial charge on any atom is 0.0655 e. The van der Waals surface area contributed by atoms with Gasteiger partial charge in [-0.15, -0.1) is 12.4 Å². The molecule has 0 aliphatic heterocycles. The van der Waals surface area contributed by atoms with E-state index in [0.717, 1.165) is 0 Å². The van der Waals surface area contributed by atoms with Crippen molar-refractivity contribution in [2.75, 3.05) is 0 Å². The third kappa shape index (κ3) is 3.41. The van der Waals surface area contributed by atoms with Gasteiger partial charge in [0.25, 0.3) is 0 Å². The van der Waals surface area contributed by atoms with Crippen LogP contribution in [0.1, 0.15) is 18.0 Å². The summed E-state index contributed by atoms with van der Waals surface area (Å²) in [5.74, 6) is 0. The van der Waals surface area contributed by atoms with Crippen molar-refractivity contribution in [2.24, 2.45) is 5.73 Å². The second kappa shape index (κ2) is 6.42. The van der Waals surface area contributed by atoms with Gasteiger partial charge in [0.2, 0.25) is 0 Å². The summed E-state index contributed by atoms with van der Waals surface area (Å²) in [6.45, 7) is 0. The van der Waals surface area contributed by atoms with Crippen molar-refractivity contribution in [2.45, 2.75) is 12.5 Å². The van der Waals surface area contributed by atoms with Crippen molar-refractivity contribution >= 4 is 47.2 Å². The van der Waals surface area contributed by atoms with Crippen molar-refractivity contribution in [1.82, 2.24) is 0 Å². The Bertz CT molecular complexity index is 386. The van der Waals surface area contributed by atoms with E-state index in [1.807, 2.05) is 6.07 Å². The number of nitrogens with zero attached hydrogens (tertiary/aromatic N) is 1. The van der Waals surface area contributed by atoms with Gasteiger partial charge in [0.15, 0.2) is 0 Å². The Morgan fingerprint density at radius 2 is 1.80 bits per heavy atom. The Hall–Kier alpha value is -0.170. The number of hydrogen-bond acceptors (Lipinski definition) is 2. The van der Waals surface area contributed by atoms with Crippen LogP contribution in [0.2, 0.25) is 15.1 Å². The zero-order chi connectivity index (χ0) is 10.7. The topological polar surface area (TPSA) is 49.8 Å². The van der Waals surface area contributed by atoms with Gasteiger partial charge < -0.3 is 5.73 Å². The van der Waals surface area contributed by atoms with Gasteiger partial charge in [0.05, 0.1) is 22.5 Å². The fourth-order valence-corrected chi connectivity index (χ4v) is 1.90. The van der Waals surface area contributed by atoms with Gasteiger partial charge in [-0.3, -0.25) is 0 Å². The Balaban J connectivity index is 0.00000196. The number of halogens is 4. The van der Waals surface area contributed by atoms with Gasteiger partial charge in [-0.05, 0) is 12.1 Å². The SMILES string of the molecule is Cl.N#CC[C@@H](N)c1c(Cl)ccc(Cl)c1Cl. The smallest absolute Gasteiger partial charge is 0.0655 e. The molecule has 82 valence electrons. The molecule has 0 saturated heterocycles. The monoisotopic (exact) mass is 284 g/mol. The van der Waals surface area contributed by atoms with Crippen LogP contribution in [0.3, 0.4) is 0 Å². The normalized spacial score (nSPS) is 11.4. The molecule has 0 bridgehead atoms. The first-order valence-corrected chi connectivity index (χ1v) is 4.97. The summed E-state index contributed by atoms with van der Waals surface area (Å²) < 4.78 is 0. The molecule has 0 aliphatic rings. The van der Waals surface area contributed by atoms with Crippen LogP contribution >= 0.6 is 47.2 Å². The minimum atomic E-state index is -0.501. The van der Waals surface area contributed by atoms with E-state index in [1.165, 1.54) is 0 Å². The maximum atomic E-state index is 8.50. The van der Waals surface area contributed by atoms with Crippen LogP contribution in [0.15, 0.2) is 12.1 Å². The molecule has 2 N–H and O–H groups in total. The molecular weight excluding hydrogens is 278 g/mol. The summed E-state index contributed by atoms with van der Waals surface area (Å²) in [5.41, 5.74) is 6.26. The standard InChI is InChI=1S/C9H7Cl3N2.ClH/c10-5-1-2-6(11)9(12)8(5)7(14)3-4-13;/h1-2,7H,3,14H2;1H/t7-;/m1./s1. The van der Waals surface area contributed by atoms with Crippen molar-refractivity contribution in [3.8, 4) is 6.07 Å². The van der Waals surface area contributed by atoms with E-state index in [0.29, 0.717) is 20.6 Å². The number of rotatable bonds is 2. The molecule has 1 aromatic carbocycles. The molecular formula is C9H8Cl4N2. The zero-order valence-corrected chi connectivity index (χ0v) is 10.6. The molecule has 0 unspecified atom stereocenters. The quantitative estimate of drug-likeness (QED) is 0.836. The highest BCUT2D eigenvalue weighted by atomic mass is 35.5. The Morgan fingerprint density at radius 3 is 2.33 bits per heavy atom. The number of hydrogen-bond donors (Lipinski definition) is 1. The van der Waals surface area contributed by atoms with Gasteiger partial charge in [-0.1, -0.05) is 34.8 Å². The molecule has 1 atom stereocenters. The largest absolute Gasteiger partial charge is 0.323 e. The molecule has 0 spiro atoms. The third-order valence-corrected chi connectivity index (χ3v) is 2.91. The molecule has 0 amide bonds. The summed E-state index contributed by atoms with van der Waals surface area (Å²) in [5, 5.41) is 9.64. The van der Waals surface area contributed by atoms with Crippen molar-refractivity contribution in [1.29, 1.82) is 5.26 Å². The summed E-state index contributed by atoms with van der Waals surface area (Å²) in [4.78, 5) is 0. The maximum absolute atomic E-state index is 8.50. The lowest BCUT2D eigenvalue weighted by atomic mass is 10.1. The molecule has 15 heavy (non-hydrogen) atoms. The van der Waals surface area contributed by atoms with E-state index in [9.17, 15) is 0 Å². The van der Waals surface area contributed by atoms with Crippen molar-refractivity contribution < 1.29 is 0 Å². The average Bonchev–Trinajstić information content (AvgIpc) is 2.13. The molecule has 0 radical (unpaired) electrons. The van der Waals surface area contributed by atoms with Gasteiger partial charge in [0.1, 0.15) is 0 Å². The second-order valence-corrected chi connectivity index (χ2v) is 3.92. The molecule has 0 heterocycles. The van der Waals surface area contributed by atoms with Gasteiger partial charge in [-0.2, -0.15) is 5.26 Å². The molecule has 1 aromatic rings. The second-order valence-electron chi connectivity index (χ2n) is 2.73. The lowest BCUT2D eigenvalue weighted by Gasteiger charge is -2.13. The van der Waals surface area contributed by atoms with E-state index in [4.69, 9.17) is 45.8 Å². The lowest BCUT2D eigenvalue weighted by Crippen LogP contribution is -2.10. The first kappa shape index (κ1) is 14.8. The van der Waals surface area contributed by atoms with Crippen LogP contribution in [0, 0.1) is 11.3 Å². The van der Waals surface area contributed by atoms with E-state index < -0.39 is 6.04 Å². The van der Waals surface area contributed by atoms with Crippen LogP contribution in [-0.2, 0) is 0 Å². The highest BCUT2D eigenvalue weighted by Crippen LogP contribution is 2.35. The van der Waals surface area contributed by atoms with E-state index in [1.54, 1.807) is 12.1 Å². The number of nitrogens with two attached hydrogens (primary N) is 1. The molecule has 0 aromatic heterocycles. The highest BCUT2D eigenvalue weighted by molar-refractivity contribution is 6.44. The predicted octanol–water partition coefficient (Wildman–Crippen LogP) is 3.98. The van der Waals surface area contributed by atoms with Crippen LogP contribution in [-0.4, -0.2) is 0 Å². The summed E-state index contributed by atoms with van der Waals surface area (Å²) in [7, 11) is 0. The first-order chi connectivity index (χ1) is 6.57. The predicted molar refractivity (Wildman–Crippen MR) is 65.9 cm³/mol. The molecule has 0 aliphatic carbocycles.